The van der Waals surface area contributed by atoms with Crippen molar-refractivity contribution in [2.75, 3.05) is 5.75 Å². The highest BCUT2D eigenvalue weighted by molar-refractivity contribution is 7.99. The third-order valence-electron chi connectivity index (χ3n) is 2.44. The number of nitrogens with zero attached hydrogens (tertiary/aromatic N) is 1. The molecule has 2 atom stereocenters. The van der Waals surface area contributed by atoms with E-state index < -0.39 is 12.0 Å². The van der Waals surface area contributed by atoms with E-state index in [2.05, 4.69) is 10.3 Å². The minimum absolute atomic E-state index is 0.0554. The predicted molar refractivity (Wildman–Crippen MR) is 58.7 cm³/mol. The summed E-state index contributed by atoms with van der Waals surface area (Å²) in [6.07, 6.45) is 3.54. The molecule has 2 heterocycles. The lowest BCUT2D eigenvalue weighted by atomic mass is 10.1. The highest BCUT2D eigenvalue weighted by Gasteiger charge is 2.30. The molecule has 0 radical (unpaired) electrons. The van der Waals surface area contributed by atoms with Crippen LogP contribution in [0, 0.1) is 6.92 Å². The number of thioether (sulfide) groups is 1. The topological polar surface area (TPSA) is 62.2 Å². The molecule has 0 bridgehead atoms. The van der Waals surface area contributed by atoms with E-state index >= 15 is 0 Å². The first-order valence-corrected chi connectivity index (χ1v) is 5.74. The van der Waals surface area contributed by atoms with Crippen molar-refractivity contribution in [1.82, 2.24) is 10.3 Å². The second-order valence-electron chi connectivity index (χ2n) is 3.50. The van der Waals surface area contributed by atoms with Gasteiger partial charge in [-0.15, -0.1) is 11.8 Å². The Balaban J connectivity index is 2.14. The van der Waals surface area contributed by atoms with Crippen molar-refractivity contribution < 1.29 is 9.90 Å². The summed E-state index contributed by atoms with van der Waals surface area (Å²) in [5.41, 5.74) is 2.22. The molecule has 0 amide bonds. The number of aryl methyl sites for hydroxylation is 1. The molecule has 2 rings (SSSR count). The third-order valence-corrected chi connectivity index (χ3v) is 3.69. The van der Waals surface area contributed by atoms with Gasteiger partial charge in [-0.2, -0.15) is 0 Å². The molecule has 1 aromatic rings. The minimum atomic E-state index is -0.786. The molecule has 1 aliphatic rings. The first kappa shape index (κ1) is 10.4. The monoisotopic (exact) mass is 224 g/mol. The number of carbonyl (C=O) groups is 1. The van der Waals surface area contributed by atoms with Gasteiger partial charge in [0.05, 0.1) is 5.37 Å². The first-order valence-electron chi connectivity index (χ1n) is 4.69. The minimum Gasteiger partial charge on any atom is -0.480 e. The summed E-state index contributed by atoms with van der Waals surface area (Å²) in [7, 11) is 0. The Hall–Kier alpha value is -1.07. The van der Waals surface area contributed by atoms with Crippen LogP contribution < -0.4 is 5.32 Å². The van der Waals surface area contributed by atoms with Crippen molar-refractivity contribution in [2.24, 2.45) is 0 Å². The Morgan fingerprint density at radius 1 is 1.73 bits per heavy atom. The van der Waals surface area contributed by atoms with Gasteiger partial charge in [-0.05, 0) is 18.6 Å². The molecule has 1 fully saturated rings. The number of pyridine rings is 1. The zero-order chi connectivity index (χ0) is 10.8. The maximum atomic E-state index is 10.8. The number of nitrogens with one attached hydrogen (secondary N) is 1. The lowest BCUT2D eigenvalue weighted by Crippen LogP contribution is -2.33. The van der Waals surface area contributed by atoms with Gasteiger partial charge in [0.1, 0.15) is 6.04 Å². The van der Waals surface area contributed by atoms with Crippen LogP contribution in [0.5, 0.6) is 0 Å². The standard InChI is InChI=1S/C10H12N2O2S/c1-6-2-3-11-4-7(6)9-12-8(5-15-9)10(13)14/h2-4,8-9,12H,5H2,1H3,(H,13,14). The second kappa shape index (κ2) is 4.20. The molecule has 1 aliphatic heterocycles. The van der Waals surface area contributed by atoms with Gasteiger partial charge in [-0.3, -0.25) is 15.1 Å². The van der Waals surface area contributed by atoms with Crippen molar-refractivity contribution in [2.45, 2.75) is 18.3 Å². The van der Waals surface area contributed by atoms with Crippen LogP contribution in [0.2, 0.25) is 0 Å². The van der Waals surface area contributed by atoms with Crippen LogP contribution in [0.3, 0.4) is 0 Å². The van der Waals surface area contributed by atoms with Gasteiger partial charge >= 0.3 is 5.97 Å². The van der Waals surface area contributed by atoms with E-state index in [4.69, 9.17) is 5.11 Å². The normalized spacial score (nSPS) is 25.4. The van der Waals surface area contributed by atoms with Gasteiger partial charge < -0.3 is 5.11 Å². The number of hydrogen-bond acceptors (Lipinski definition) is 4. The lowest BCUT2D eigenvalue weighted by Gasteiger charge is -2.12. The molecule has 2 unspecified atom stereocenters. The summed E-state index contributed by atoms with van der Waals surface area (Å²) in [5, 5.41) is 12.0. The van der Waals surface area contributed by atoms with Crippen LogP contribution in [0.15, 0.2) is 18.5 Å². The van der Waals surface area contributed by atoms with Crippen LogP contribution >= 0.6 is 11.8 Å². The summed E-state index contributed by atoms with van der Waals surface area (Å²) in [4.78, 5) is 14.8. The summed E-state index contributed by atoms with van der Waals surface area (Å²) >= 11 is 1.61. The van der Waals surface area contributed by atoms with Gasteiger partial charge in [0.15, 0.2) is 0 Å². The highest BCUT2D eigenvalue weighted by Crippen LogP contribution is 2.33. The zero-order valence-electron chi connectivity index (χ0n) is 8.30. The Labute approximate surface area is 92.1 Å². The van der Waals surface area contributed by atoms with Gasteiger partial charge in [0, 0.05) is 23.7 Å². The van der Waals surface area contributed by atoms with Gasteiger partial charge in [-0.25, -0.2) is 0 Å². The first-order chi connectivity index (χ1) is 7.18. The second-order valence-corrected chi connectivity index (χ2v) is 4.64. The van der Waals surface area contributed by atoms with E-state index in [9.17, 15) is 4.79 Å². The molecule has 1 aromatic heterocycles. The lowest BCUT2D eigenvalue weighted by molar-refractivity contribution is -0.138. The van der Waals surface area contributed by atoms with Crippen molar-refractivity contribution in [3.05, 3.63) is 29.6 Å². The largest absolute Gasteiger partial charge is 0.480 e. The molecule has 2 N–H and O–H groups in total. The third kappa shape index (κ3) is 2.13. The average Bonchev–Trinajstić information content (AvgIpc) is 2.67. The van der Waals surface area contributed by atoms with Crippen LogP contribution in [0.4, 0.5) is 0 Å². The SMILES string of the molecule is Cc1ccncc1C1NC(C(=O)O)CS1. The molecular weight excluding hydrogens is 212 g/mol. The summed E-state index contributed by atoms with van der Waals surface area (Å²) in [5.74, 6) is -0.180. The Morgan fingerprint density at radius 3 is 3.13 bits per heavy atom. The van der Waals surface area contributed by atoms with Crippen LogP contribution in [-0.4, -0.2) is 27.9 Å². The van der Waals surface area contributed by atoms with Crippen molar-refractivity contribution >= 4 is 17.7 Å². The van der Waals surface area contributed by atoms with E-state index in [-0.39, 0.29) is 5.37 Å². The van der Waals surface area contributed by atoms with Gasteiger partial charge in [0.25, 0.3) is 0 Å². The number of aromatic nitrogens is 1. The zero-order valence-corrected chi connectivity index (χ0v) is 9.12. The summed E-state index contributed by atoms with van der Waals surface area (Å²) in [6, 6.07) is 1.49. The van der Waals surface area contributed by atoms with Crippen LogP contribution in [0.25, 0.3) is 0 Å². The van der Waals surface area contributed by atoms with Gasteiger partial charge in [0.2, 0.25) is 0 Å². The molecule has 5 heteroatoms. The molecule has 1 saturated heterocycles. The van der Waals surface area contributed by atoms with E-state index in [1.54, 1.807) is 24.2 Å². The smallest absolute Gasteiger partial charge is 0.321 e. The fourth-order valence-electron chi connectivity index (χ4n) is 1.54. The number of rotatable bonds is 2. The van der Waals surface area contributed by atoms with Crippen LogP contribution in [0.1, 0.15) is 16.5 Å². The fourth-order valence-corrected chi connectivity index (χ4v) is 2.85. The molecule has 4 nitrogen and oxygen atoms in total. The number of carboxylic acids is 1. The van der Waals surface area contributed by atoms with Crippen molar-refractivity contribution in [3.8, 4) is 0 Å². The number of aliphatic carboxylic acids is 1. The molecule has 0 spiro atoms. The summed E-state index contributed by atoms with van der Waals surface area (Å²) in [6.45, 7) is 2.01. The predicted octanol–water partition coefficient (Wildman–Crippen LogP) is 1.18. The molecule has 0 saturated carbocycles. The summed E-state index contributed by atoms with van der Waals surface area (Å²) < 4.78 is 0. The molecule has 0 aliphatic carbocycles. The van der Waals surface area contributed by atoms with Gasteiger partial charge in [-0.1, -0.05) is 0 Å². The van der Waals surface area contributed by atoms with E-state index in [0.29, 0.717) is 5.75 Å². The number of carboxylic acid groups (broad SMARTS) is 1. The quantitative estimate of drug-likeness (QED) is 0.789. The Kier molecular flexibility index (Phi) is 2.93. The maximum absolute atomic E-state index is 10.8. The van der Waals surface area contributed by atoms with Crippen molar-refractivity contribution in [1.29, 1.82) is 0 Å². The van der Waals surface area contributed by atoms with Crippen molar-refractivity contribution in [3.63, 3.8) is 0 Å². The van der Waals surface area contributed by atoms with E-state index in [1.165, 1.54) is 0 Å². The van der Waals surface area contributed by atoms with E-state index in [0.717, 1.165) is 11.1 Å². The average molecular weight is 224 g/mol. The molecular formula is C10H12N2O2S. The Morgan fingerprint density at radius 2 is 2.53 bits per heavy atom. The molecule has 15 heavy (non-hydrogen) atoms. The Bertz CT molecular complexity index is 383. The molecule has 80 valence electrons. The molecule has 0 aromatic carbocycles. The maximum Gasteiger partial charge on any atom is 0.321 e. The van der Waals surface area contributed by atoms with Crippen LogP contribution in [-0.2, 0) is 4.79 Å². The number of hydrogen-bond donors (Lipinski definition) is 2. The van der Waals surface area contributed by atoms with E-state index in [1.807, 2.05) is 13.0 Å². The highest BCUT2D eigenvalue weighted by atomic mass is 32.2. The fraction of sp³-hybridized carbons (Fsp3) is 0.400.